The number of nitrogens with one attached hydrogen (secondary N) is 2. The molecular weight excluding hydrogens is 397 g/mol. The number of rotatable bonds is 5. The number of alkyl halides is 3. The van der Waals surface area contributed by atoms with Crippen molar-refractivity contribution in [3.8, 4) is 5.75 Å². The lowest BCUT2D eigenvalue weighted by Gasteiger charge is -2.09. The molecule has 0 saturated heterocycles. The number of nitro groups is 1. The molecule has 2 amide bonds. The maximum absolute atomic E-state index is 12.7. The number of amides is 2. The molecule has 12 heteroatoms. The Labute approximate surface area is 161 Å². The molecule has 0 aliphatic carbocycles. The van der Waals surface area contributed by atoms with Gasteiger partial charge in [-0.3, -0.25) is 19.7 Å². The second kappa shape index (κ2) is 8.82. The van der Waals surface area contributed by atoms with Crippen LogP contribution in [0.3, 0.4) is 0 Å². The summed E-state index contributed by atoms with van der Waals surface area (Å²) in [5.74, 6) is -2.47. The van der Waals surface area contributed by atoms with E-state index in [1.165, 1.54) is 25.3 Å². The number of nitrogens with zero attached hydrogens (tertiary/aromatic N) is 2. The molecular formula is C17H13F3N4O5. The molecule has 0 atom stereocenters. The zero-order valence-corrected chi connectivity index (χ0v) is 14.7. The van der Waals surface area contributed by atoms with E-state index in [-0.39, 0.29) is 22.7 Å². The Morgan fingerprint density at radius 3 is 2.52 bits per heavy atom. The molecule has 2 N–H and O–H groups in total. The standard InChI is InChI=1S/C17H13F3N4O5/c1-29-14-6-5-10(7-13(14)24(27)28)9-21-23-16(26)15(25)22-12-4-2-3-11(8-12)17(18,19)20/h2-9H,1H3,(H,22,25)(H,23,26)/b21-9-. The number of nitro benzene ring substituents is 1. The first-order valence-electron chi connectivity index (χ1n) is 7.76. The van der Waals surface area contributed by atoms with Crippen molar-refractivity contribution in [2.24, 2.45) is 5.10 Å². The maximum atomic E-state index is 12.7. The van der Waals surface area contributed by atoms with Gasteiger partial charge < -0.3 is 10.1 Å². The Kier molecular flexibility index (Phi) is 6.49. The number of benzene rings is 2. The Bertz CT molecular complexity index is 976. The highest BCUT2D eigenvalue weighted by Crippen LogP contribution is 2.30. The van der Waals surface area contributed by atoms with Crippen LogP contribution in [0.25, 0.3) is 0 Å². The summed E-state index contributed by atoms with van der Waals surface area (Å²) in [6, 6.07) is 7.62. The molecule has 0 unspecified atom stereocenters. The topological polar surface area (TPSA) is 123 Å². The second-order valence-electron chi connectivity index (χ2n) is 5.42. The van der Waals surface area contributed by atoms with Gasteiger partial charge in [-0.05, 0) is 30.3 Å². The first-order valence-corrected chi connectivity index (χ1v) is 7.76. The minimum absolute atomic E-state index is 0.0247. The van der Waals surface area contributed by atoms with E-state index >= 15 is 0 Å². The fourth-order valence-electron chi connectivity index (χ4n) is 2.11. The molecule has 0 aliphatic rings. The molecule has 2 aromatic carbocycles. The molecule has 0 fully saturated rings. The molecule has 0 aliphatic heterocycles. The fraction of sp³-hybridized carbons (Fsp3) is 0.118. The molecule has 152 valence electrons. The molecule has 2 rings (SSSR count). The van der Waals surface area contributed by atoms with Crippen LogP contribution in [0.15, 0.2) is 47.6 Å². The van der Waals surface area contributed by atoms with Gasteiger partial charge in [-0.1, -0.05) is 6.07 Å². The van der Waals surface area contributed by atoms with Crippen molar-refractivity contribution >= 4 is 29.4 Å². The smallest absolute Gasteiger partial charge is 0.416 e. The van der Waals surface area contributed by atoms with E-state index in [1.54, 1.807) is 0 Å². The average molecular weight is 410 g/mol. The lowest BCUT2D eigenvalue weighted by atomic mass is 10.2. The van der Waals surface area contributed by atoms with E-state index in [4.69, 9.17) is 4.74 Å². The Balaban J connectivity index is 2.01. The summed E-state index contributed by atoms with van der Waals surface area (Å²) < 4.78 is 42.8. The van der Waals surface area contributed by atoms with Crippen molar-refractivity contribution in [1.82, 2.24) is 5.43 Å². The predicted octanol–water partition coefficient (Wildman–Crippen LogP) is 2.71. The van der Waals surface area contributed by atoms with Crippen LogP contribution in [0.1, 0.15) is 11.1 Å². The number of halogens is 3. The first-order chi connectivity index (χ1) is 13.6. The largest absolute Gasteiger partial charge is 0.490 e. The Morgan fingerprint density at radius 2 is 1.90 bits per heavy atom. The molecule has 0 radical (unpaired) electrons. The van der Waals surface area contributed by atoms with Crippen molar-refractivity contribution in [2.75, 3.05) is 12.4 Å². The number of carbonyl (C=O) groups is 2. The van der Waals surface area contributed by atoms with Gasteiger partial charge in [0.2, 0.25) is 0 Å². The molecule has 0 heterocycles. The molecule has 0 spiro atoms. The number of ether oxygens (including phenoxy) is 1. The summed E-state index contributed by atoms with van der Waals surface area (Å²) in [6.07, 6.45) is -3.56. The van der Waals surface area contributed by atoms with Gasteiger partial charge in [0.1, 0.15) is 0 Å². The minimum atomic E-state index is -4.60. The van der Waals surface area contributed by atoms with Gasteiger partial charge in [0.15, 0.2) is 5.75 Å². The normalized spacial score (nSPS) is 11.2. The van der Waals surface area contributed by atoms with Crippen LogP contribution < -0.4 is 15.5 Å². The van der Waals surface area contributed by atoms with Gasteiger partial charge in [0.05, 0.1) is 23.8 Å². The van der Waals surface area contributed by atoms with E-state index in [9.17, 15) is 32.9 Å². The molecule has 29 heavy (non-hydrogen) atoms. The fourth-order valence-corrected chi connectivity index (χ4v) is 2.11. The third-order valence-electron chi connectivity index (χ3n) is 3.43. The Hall–Kier alpha value is -3.96. The van der Waals surface area contributed by atoms with E-state index < -0.39 is 28.5 Å². The monoisotopic (exact) mass is 410 g/mol. The van der Waals surface area contributed by atoms with E-state index in [0.717, 1.165) is 24.4 Å². The summed E-state index contributed by atoms with van der Waals surface area (Å²) in [5, 5.41) is 16.5. The van der Waals surface area contributed by atoms with Gasteiger partial charge >= 0.3 is 23.7 Å². The highest BCUT2D eigenvalue weighted by atomic mass is 19.4. The highest BCUT2D eigenvalue weighted by Gasteiger charge is 2.30. The summed E-state index contributed by atoms with van der Waals surface area (Å²) in [6.45, 7) is 0. The summed E-state index contributed by atoms with van der Waals surface area (Å²) in [4.78, 5) is 33.7. The van der Waals surface area contributed by atoms with Gasteiger partial charge in [0, 0.05) is 17.3 Å². The molecule has 0 bridgehead atoms. The first kappa shape index (κ1) is 21.3. The van der Waals surface area contributed by atoms with Crippen LogP contribution in [-0.2, 0) is 15.8 Å². The zero-order chi connectivity index (χ0) is 21.6. The molecule has 0 saturated carbocycles. The van der Waals surface area contributed by atoms with Crippen molar-refractivity contribution in [3.05, 3.63) is 63.7 Å². The van der Waals surface area contributed by atoms with Gasteiger partial charge in [-0.2, -0.15) is 18.3 Å². The average Bonchev–Trinajstić information content (AvgIpc) is 2.67. The van der Waals surface area contributed by atoms with Crippen LogP contribution in [0.4, 0.5) is 24.5 Å². The Morgan fingerprint density at radius 1 is 1.17 bits per heavy atom. The lowest BCUT2D eigenvalue weighted by molar-refractivity contribution is -0.385. The van der Waals surface area contributed by atoms with Crippen molar-refractivity contribution < 1.29 is 32.4 Å². The summed E-state index contributed by atoms with van der Waals surface area (Å²) in [7, 11) is 1.26. The molecule has 2 aromatic rings. The SMILES string of the molecule is COc1ccc(/C=N\NC(=O)C(=O)Nc2cccc(C(F)(F)F)c2)cc1[N+](=O)[O-]. The van der Waals surface area contributed by atoms with Gasteiger partial charge in [-0.25, -0.2) is 5.43 Å². The van der Waals surface area contributed by atoms with Gasteiger partial charge in [0.25, 0.3) is 0 Å². The van der Waals surface area contributed by atoms with Crippen LogP contribution >= 0.6 is 0 Å². The minimum Gasteiger partial charge on any atom is -0.490 e. The molecule has 0 aromatic heterocycles. The number of methoxy groups -OCH3 is 1. The number of carbonyl (C=O) groups excluding carboxylic acids is 2. The van der Waals surface area contributed by atoms with Crippen molar-refractivity contribution in [3.63, 3.8) is 0 Å². The van der Waals surface area contributed by atoms with E-state index in [1.807, 2.05) is 10.7 Å². The van der Waals surface area contributed by atoms with E-state index in [2.05, 4.69) is 5.10 Å². The summed E-state index contributed by atoms with van der Waals surface area (Å²) in [5.41, 5.74) is 0.554. The van der Waals surface area contributed by atoms with Crippen molar-refractivity contribution in [1.29, 1.82) is 0 Å². The zero-order valence-electron chi connectivity index (χ0n) is 14.7. The predicted molar refractivity (Wildman–Crippen MR) is 95.5 cm³/mol. The second-order valence-corrected chi connectivity index (χ2v) is 5.42. The van der Waals surface area contributed by atoms with Crippen LogP contribution in [-0.4, -0.2) is 30.1 Å². The quantitative estimate of drug-likeness (QED) is 0.340. The maximum Gasteiger partial charge on any atom is 0.416 e. The third-order valence-corrected chi connectivity index (χ3v) is 3.43. The molecule has 9 nitrogen and oxygen atoms in total. The van der Waals surface area contributed by atoms with E-state index in [0.29, 0.717) is 6.07 Å². The third kappa shape index (κ3) is 5.76. The number of hydrogen-bond donors (Lipinski definition) is 2. The number of anilines is 1. The number of hydrogen-bond acceptors (Lipinski definition) is 6. The summed E-state index contributed by atoms with van der Waals surface area (Å²) >= 11 is 0. The van der Waals surface area contributed by atoms with Crippen LogP contribution in [0.2, 0.25) is 0 Å². The lowest BCUT2D eigenvalue weighted by Crippen LogP contribution is -2.32. The van der Waals surface area contributed by atoms with Gasteiger partial charge in [-0.15, -0.1) is 0 Å². The van der Waals surface area contributed by atoms with Crippen molar-refractivity contribution in [2.45, 2.75) is 6.18 Å². The van der Waals surface area contributed by atoms with Crippen LogP contribution in [0, 0.1) is 10.1 Å². The number of hydrazone groups is 1. The highest BCUT2D eigenvalue weighted by molar-refractivity contribution is 6.39. The van der Waals surface area contributed by atoms with Crippen LogP contribution in [0.5, 0.6) is 5.75 Å².